The number of aromatic nitrogens is 3. The predicted octanol–water partition coefficient (Wildman–Crippen LogP) is 2.83. The summed E-state index contributed by atoms with van der Waals surface area (Å²) in [6, 6.07) is 13.7. The van der Waals surface area contributed by atoms with E-state index in [1.807, 2.05) is 59.1 Å². The number of carbonyl (C=O) groups excluding carboxylic acids is 1. The Morgan fingerprint density at radius 1 is 1.18 bits per heavy atom. The number of amides is 1. The van der Waals surface area contributed by atoms with Gasteiger partial charge in [0.2, 0.25) is 11.8 Å². The van der Waals surface area contributed by atoms with Crippen molar-refractivity contribution in [3.63, 3.8) is 0 Å². The number of rotatable bonds is 5. The number of fused-ring (bicyclic) bond motifs is 1. The van der Waals surface area contributed by atoms with Crippen LogP contribution >= 0.6 is 0 Å². The topological polar surface area (TPSA) is 60.3 Å². The molecule has 0 N–H and O–H groups in total. The first kappa shape index (κ1) is 18.2. The third-order valence-corrected chi connectivity index (χ3v) is 5.15. The predicted molar refractivity (Wildman–Crippen MR) is 106 cm³/mol. The fourth-order valence-corrected chi connectivity index (χ4v) is 3.57. The van der Waals surface area contributed by atoms with Crippen LogP contribution in [0.25, 0.3) is 0 Å². The van der Waals surface area contributed by atoms with Crippen LogP contribution in [0.15, 0.2) is 48.7 Å². The number of hydrogen-bond acceptors (Lipinski definition) is 4. The molecule has 3 heterocycles. The Labute approximate surface area is 164 Å². The van der Waals surface area contributed by atoms with Crippen molar-refractivity contribution in [2.24, 2.45) is 7.05 Å². The molecule has 6 heteroatoms. The van der Waals surface area contributed by atoms with Gasteiger partial charge < -0.3 is 9.64 Å². The molecule has 1 aromatic carbocycles. The van der Waals surface area contributed by atoms with E-state index < -0.39 is 0 Å². The zero-order valence-corrected chi connectivity index (χ0v) is 16.3. The molecule has 0 bridgehead atoms. The standard InChI is InChI=1S/C22H24N4O2/c1-16-6-8-17(9-7-16)13-22(27)26-12-10-20-18(14-26)19(24-25(20)2)15-28-21-5-3-4-11-23-21/h3-9,11H,10,12-15H2,1-2H3. The molecular weight excluding hydrogens is 352 g/mol. The Kier molecular flexibility index (Phi) is 5.10. The zero-order chi connectivity index (χ0) is 19.5. The molecule has 0 atom stereocenters. The first-order chi connectivity index (χ1) is 13.6. The lowest BCUT2D eigenvalue weighted by Crippen LogP contribution is -2.37. The molecule has 0 fully saturated rings. The van der Waals surface area contributed by atoms with Gasteiger partial charge in [0.1, 0.15) is 12.3 Å². The van der Waals surface area contributed by atoms with Gasteiger partial charge in [0.15, 0.2) is 0 Å². The summed E-state index contributed by atoms with van der Waals surface area (Å²) in [5.41, 5.74) is 5.40. The summed E-state index contributed by atoms with van der Waals surface area (Å²) in [5.74, 6) is 0.722. The van der Waals surface area contributed by atoms with Gasteiger partial charge in [-0.3, -0.25) is 9.48 Å². The molecular formula is C22H24N4O2. The third kappa shape index (κ3) is 3.91. The Balaban J connectivity index is 1.46. The number of ether oxygens (including phenoxy) is 1. The summed E-state index contributed by atoms with van der Waals surface area (Å²) >= 11 is 0. The van der Waals surface area contributed by atoms with Crippen molar-refractivity contribution in [2.45, 2.75) is 32.9 Å². The molecule has 3 aromatic rings. The summed E-state index contributed by atoms with van der Waals surface area (Å²) in [6.07, 6.45) is 2.94. The average Bonchev–Trinajstić information content (AvgIpc) is 3.04. The van der Waals surface area contributed by atoms with Gasteiger partial charge in [-0.2, -0.15) is 5.10 Å². The normalized spacial score (nSPS) is 13.3. The molecule has 4 rings (SSSR count). The lowest BCUT2D eigenvalue weighted by molar-refractivity contribution is -0.131. The molecule has 0 aliphatic carbocycles. The van der Waals surface area contributed by atoms with Gasteiger partial charge in [0, 0.05) is 50.1 Å². The summed E-state index contributed by atoms with van der Waals surface area (Å²) in [7, 11) is 1.95. The van der Waals surface area contributed by atoms with Crippen molar-refractivity contribution in [2.75, 3.05) is 6.54 Å². The maximum Gasteiger partial charge on any atom is 0.227 e. The minimum Gasteiger partial charge on any atom is -0.471 e. The second-order valence-electron chi connectivity index (χ2n) is 7.18. The molecule has 2 aromatic heterocycles. The van der Waals surface area contributed by atoms with Crippen LogP contribution in [0.1, 0.15) is 28.1 Å². The maximum atomic E-state index is 12.8. The summed E-state index contributed by atoms with van der Waals surface area (Å²) in [6.45, 7) is 3.70. The van der Waals surface area contributed by atoms with Crippen molar-refractivity contribution in [3.8, 4) is 5.88 Å². The number of carbonyl (C=O) groups is 1. The monoisotopic (exact) mass is 376 g/mol. The largest absolute Gasteiger partial charge is 0.471 e. The van der Waals surface area contributed by atoms with Crippen LogP contribution in [-0.2, 0) is 37.8 Å². The molecule has 0 unspecified atom stereocenters. The Bertz CT molecular complexity index is 964. The van der Waals surface area contributed by atoms with E-state index in [-0.39, 0.29) is 5.91 Å². The van der Waals surface area contributed by atoms with Crippen LogP contribution in [0.2, 0.25) is 0 Å². The number of hydrogen-bond donors (Lipinski definition) is 0. The molecule has 1 aliphatic rings. The minimum atomic E-state index is 0.148. The molecule has 1 amide bonds. The van der Waals surface area contributed by atoms with Crippen molar-refractivity contribution in [1.82, 2.24) is 19.7 Å². The van der Waals surface area contributed by atoms with E-state index in [1.54, 1.807) is 6.20 Å². The highest BCUT2D eigenvalue weighted by Crippen LogP contribution is 2.24. The van der Waals surface area contributed by atoms with E-state index in [4.69, 9.17) is 4.74 Å². The highest BCUT2D eigenvalue weighted by Gasteiger charge is 2.26. The molecule has 0 saturated heterocycles. The van der Waals surface area contributed by atoms with Gasteiger partial charge in [-0.25, -0.2) is 4.98 Å². The van der Waals surface area contributed by atoms with Crippen LogP contribution in [0, 0.1) is 6.92 Å². The minimum absolute atomic E-state index is 0.148. The van der Waals surface area contributed by atoms with Crippen LogP contribution in [0.4, 0.5) is 0 Å². The molecule has 0 saturated carbocycles. The Morgan fingerprint density at radius 3 is 2.75 bits per heavy atom. The molecule has 1 aliphatic heterocycles. The van der Waals surface area contributed by atoms with Crippen LogP contribution in [0.5, 0.6) is 5.88 Å². The smallest absolute Gasteiger partial charge is 0.227 e. The second-order valence-corrected chi connectivity index (χ2v) is 7.18. The van der Waals surface area contributed by atoms with Gasteiger partial charge in [0.05, 0.1) is 6.42 Å². The highest BCUT2D eigenvalue weighted by molar-refractivity contribution is 5.79. The number of aryl methyl sites for hydroxylation is 2. The molecule has 144 valence electrons. The lowest BCUT2D eigenvalue weighted by atomic mass is 10.0. The van der Waals surface area contributed by atoms with Crippen molar-refractivity contribution in [1.29, 1.82) is 0 Å². The van der Waals surface area contributed by atoms with E-state index in [0.29, 0.717) is 25.5 Å². The second kappa shape index (κ2) is 7.84. The van der Waals surface area contributed by atoms with Crippen LogP contribution in [-0.4, -0.2) is 32.1 Å². The SMILES string of the molecule is Cc1ccc(CC(=O)N2CCc3c(c(COc4ccccn4)nn3C)C2)cc1. The van der Waals surface area contributed by atoms with Crippen molar-refractivity contribution >= 4 is 5.91 Å². The molecule has 0 spiro atoms. The number of pyridine rings is 1. The van der Waals surface area contributed by atoms with E-state index in [9.17, 15) is 4.79 Å². The summed E-state index contributed by atoms with van der Waals surface area (Å²) < 4.78 is 7.69. The summed E-state index contributed by atoms with van der Waals surface area (Å²) in [4.78, 5) is 18.9. The van der Waals surface area contributed by atoms with Gasteiger partial charge in [-0.1, -0.05) is 35.9 Å². The van der Waals surface area contributed by atoms with Crippen LogP contribution < -0.4 is 4.74 Å². The Hall–Kier alpha value is -3.15. The van der Waals surface area contributed by atoms with E-state index in [2.05, 4.69) is 17.0 Å². The Morgan fingerprint density at radius 2 is 2.00 bits per heavy atom. The molecule has 28 heavy (non-hydrogen) atoms. The summed E-state index contributed by atoms with van der Waals surface area (Å²) in [5, 5.41) is 4.62. The van der Waals surface area contributed by atoms with Gasteiger partial charge in [-0.05, 0) is 18.6 Å². The zero-order valence-electron chi connectivity index (χ0n) is 16.3. The highest BCUT2D eigenvalue weighted by atomic mass is 16.5. The number of nitrogens with zero attached hydrogens (tertiary/aromatic N) is 4. The quantitative estimate of drug-likeness (QED) is 0.687. The van der Waals surface area contributed by atoms with Crippen LogP contribution in [0.3, 0.4) is 0 Å². The maximum absolute atomic E-state index is 12.8. The van der Waals surface area contributed by atoms with E-state index in [0.717, 1.165) is 29.8 Å². The fraction of sp³-hybridized carbons (Fsp3) is 0.318. The van der Waals surface area contributed by atoms with Gasteiger partial charge in [0.25, 0.3) is 0 Å². The first-order valence-electron chi connectivity index (χ1n) is 9.51. The number of benzene rings is 1. The molecule has 0 radical (unpaired) electrons. The van der Waals surface area contributed by atoms with Gasteiger partial charge in [-0.15, -0.1) is 0 Å². The van der Waals surface area contributed by atoms with E-state index >= 15 is 0 Å². The lowest BCUT2D eigenvalue weighted by Gasteiger charge is -2.28. The first-order valence-corrected chi connectivity index (χ1v) is 9.51. The fourth-order valence-electron chi connectivity index (χ4n) is 3.57. The third-order valence-electron chi connectivity index (χ3n) is 5.15. The average molecular weight is 376 g/mol. The van der Waals surface area contributed by atoms with Crippen molar-refractivity contribution in [3.05, 3.63) is 76.7 Å². The van der Waals surface area contributed by atoms with Gasteiger partial charge >= 0.3 is 0 Å². The van der Waals surface area contributed by atoms with Crippen molar-refractivity contribution < 1.29 is 9.53 Å². The molecule has 6 nitrogen and oxygen atoms in total. The van der Waals surface area contributed by atoms with E-state index in [1.165, 1.54) is 11.3 Å².